The minimum absolute atomic E-state index is 0.00242. The van der Waals surface area contributed by atoms with Crippen LogP contribution in [0.15, 0.2) is 75.0 Å². The maximum Gasteiger partial charge on any atom is 0.323 e. The summed E-state index contributed by atoms with van der Waals surface area (Å²) in [4.78, 5) is 34.5. The van der Waals surface area contributed by atoms with E-state index >= 15 is 0 Å². The normalized spacial score (nSPS) is 11.5. The fourth-order valence-electron chi connectivity index (χ4n) is 3.12. The molecule has 166 valence electrons. The molecule has 0 unspecified atom stereocenters. The molecule has 33 heavy (non-hydrogen) atoms. The number of imidazole rings is 1. The molecule has 0 saturated heterocycles. The third kappa shape index (κ3) is 4.44. The average Bonchev–Trinajstić information content (AvgIpc) is 3.53. The van der Waals surface area contributed by atoms with E-state index in [4.69, 9.17) is 0 Å². The van der Waals surface area contributed by atoms with E-state index in [2.05, 4.69) is 25.0 Å². The zero-order valence-corrected chi connectivity index (χ0v) is 19.1. The van der Waals surface area contributed by atoms with Gasteiger partial charge in [0.05, 0.1) is 26.5 Å². The monoisotopic (exact) mass is 497 g/mol. The first-order valence-electron chi connectivity index (χ1n) is 9.53. The molecule has 3 heterocycles. The number of rotatable bonds is 6. The molecule has 5 aromatic rings. The van der Waals surface area contributed by atoms with Gasteiger partial charge in [0.25, 0.3) is 15.9 Å². The number of thiophene rings is 1. The van der Waals surface area contributed by atoms with Crippen LogP contribution in [-0.4, -0.2) is 29.3 Å². The minimum atomic E-state index is -3.89. The van der Waals surface area contributed by atoms with Gasteiger partial charge in [-0.15, -0.1) is 22.7 Å². The predicted molar refractivity (Wildman–Crippen MR) is 130 cm³/mol. The van der Waals surface area contributed by atoms with E-state index in [-0.39, 0.29) is 10.8 Å². The number of hydrogen-bond donors (Lipinski definition) is 4. The van der Waals surface area contributed by atoms with Crippen molar-refractivity contribution in [2.24, 2.45) is 0 Å². The molecule has 0 aliphatic heterocycles. The van der Waals surface area contributed by atoms with Crippen molar-refractivity contribution < 1.29 is 13.2 Å². The maximum absolute atomic E-state index is 12.7. The van der Waals surface area contributed by atoms with Crippen LogP contribution in [0.4, 0.5) is 10.8 Å². The quantitative estimate of drug-likeness (QED) is 0.280. The third-order valence-electron chi connectivity index (χ3n) is 4.70. The van der Waals surface area contributed by atoms with Crippen molar-refractivity contribution in [2.45, 2.75) is 4.90 Å². The van der Waals surface area contributed by atoms with Crippen LogP contribution in [0.5, 0.6) is 0 Å². The van der Waals surface area contributed by atoms with E-state index in [9.17, 15) is 18.0 Å². The van der Waals surface area contributed by atoms with Crippen molar-refractivity contribution in [3.05, 3.63) is 81.4 Å². The molecule has 0 aliphatic carbocycles. The first-order valence-corrected chi connectivity index (χ1v) is 12.8. The topological polar surface area (TPSA) is 137 Å². The Bertz CT molecular complexity index is 1610. The second kappa shape index (κ2) is 8.31. The number of fused-ring (bicyclic) bond motifs is 1. The van der Waals surface area contributed by atoms with Gasteiger partial charge in [-0.25, -0.2) is 18.2 Å². The number of thiazole rings is 1. The van der Waals surface area contributed by atoms with Crippen molar-refractivity contribution in [2.75, 3.05) is 10.0 Å². The molecular weight excluding hydrogens is 482 g/mol. The van der Waals surface area contributed by atoms with Gasteiger partial charge in [0.1, 0.15) is 0 Å². The van der Waals surface area contributed by atoms with Crippen LogP contribution in [0.25, 0.3) is 21.6 Å². The van der Waals surface area contributed by atoms with Crippen LogP contribution >= 0.6 is 22.7 Å². The van der Waals surface area contributed by atoms with Crippen LogP contribution in [0, 0.1) is 0 Å². The lowest BCUT2D eigenvalue weighted by atomic mass is 10.2. The summed E-state index contributed by atoms with van der Waals surface area (Å²) in [5.41, 5.74) is 1.94. The summed E-state index contributed by atoms with van der Waals surface area (Å²) in [6, 6.07) is 14.2. The highest BCUT2D eigenvalue weighted by Crippen LogP contribution is 2.28. The van der Waals surface area contributed by atoms with Crippen LogP contribution in [0.1, 0.15) is 10.4 Å². The van der Waals surface area contributed by atoms with E-state index in [0.29, 0.717) is 27.4 Å². The SMILES string of the molecule is O=C(Nc1nc(-c2cccs2)cs1)c1ccc(NS(=O)(=O)c2ccc3[nH]c(=O)[nH]c3c2)cc1. The second-order valence-electron chi connectivity index (χ2n) is 6.94. The number of nitrogens with one attached hydrogen (secondary N) is 4. The first kappa shape index (κ1) is 21.1. The van der Waals surface area contributed by atoms with Gasteiger partial charge in [-0.2, -0.15) is 0 Å². The predicted octanol–water partition coefficient (Wildman–Crippen LogP) is 4.09. The molecule has 4 N–H and O–H groups in total. The zero-order chi connectivity index (χ0) is 23.0. The van der Waals surface area contributed by atoms with Gasteiger partial charge in [-0.1, -0.05) is 6.07 Å². The molecular formula is C21H15N5O4S3. The lowest BCUT2D eigenvalue weighted by molar-refractivity contribution is 0.102. The highest BCUT2D eigenvalue weighted by atomic mass is 32.2. The Morgan fingerprint density at radius 1 is 0.970 bits per heavy atom. The van der Waals surface area contributed by atoms with Crippen molar-refractivity contribution >= 4 is 60.5 Å². The molecule has 3 aromatic heterocycles. The van der Waals surface area contributed by atoms with Crippen molar-refractivity contribution in [3.8, 4) is 10.6 Å². The van der Waals surface area contributed by atoms with Crippen LogP contribution < -0.4 is 15.7 Å². The number of sulfonamides is 1. The number of H-pyrrole nitrogens is 2. The van der Waals surface area contributed by atoms with Crippen molar-refractivity contribution in [1.29, 1.82) is 0 Å². The van der Waals surface area contributed by atoms with Crippen LogP contribution in [0.2, 0.25) is 0 Å². The summed E-state index contributed by atoms with van der Waals surface area (Å²) in [6.07, 6.45) is 0. The number of carbonyl (C=O) groups excluding carboxylic acids is 1. The lowest BCUT2D eigenvalue weighted by Gasteiger charge is -2.09. The van der Waals surface area contributed by atoms with E-state index in [1.165, 1.54) is 53.8 Å². The lowest BCUT2D eigenvalue weighted by Crippen LogP contribution is -2.14. The molecule has 2 aromatic carbocycles. The van der Waals surface area contributed by atoms with Crippen LogP contribution in [-0.2, 0) is 10.0 Å². The molecule has 0 atom stereocenters. The number of hydrogen-bond acceptors (Lipinski definition) is 7. The Balaban J connectivity index is 1.28. The fraction of sp³-hybridized carbons (Fsp3) is 0. The summed E-state index contributed by atoms with van der Waals surface area (Å²) in [5, 5.41) is 7.07. The molecule has 0 aliphatic rings. The standard InChI is InChI=1S/C21H15N5O4S3/c27-19(25-21-24-17(11-32-21)18-2-1-9-31-18)12-3-5-13(6-4-12)26-33(29,30)14-7-8-15-16(10-14)23-20(28)22-15/h1-11,26H,(H2,22,23,28)(H,24,25,27). The molecule has 12 heteroatoms. The summed E-state index contributed by atoms with van der Waals surface area (Å²) < 4.78 is 27.9. The van der Waals surface area contributed by atoms with Gasteiger partial charge in [0.15, 0.2) is 5.13 Å². The number of anilines is 2. The van der Waals surface area contributed by atoms with E-state index in [1.54, 1.807) is 11.3 Å². The number of carbonyl (C=O) groups is 1. The maximum atomic E-state index is 12.7. The van der Waals surface area contributed by atoms with E-state index in [1.807, 2.05) is 22.9 Å². The third-order valence-corrected chi connectivity index (χ3v) is 7.72. The van der Waals surface area contributed by atoms with Gasteiger partial charge in [0.2, 0.25) is 0 Å². The van der Waals surface area contributed by atoms with Gasteiger partial charge in [-0.3, -0.25) is 14.8 Å². The summed E-state index contributed by atoms with van der Waals surface area (Å²) in [6.45, 7) is 0. The average molecular weight is 498 g/mol. The molecule has 0 radical (unpaired) electrons. The molecule has 0 bridgehead atoms. The number of aromatic nitrogens is 3. The molecule has 5 rings (SSSR count). The van der Waals surface area contributed by atoms with Gasteiger partial charge < -0.3 is 9.97 Å². The molecule has 0 fully saturated rings. The largest absolute Gasteiger partial charge is 0.323 e. The fourth-order valence-corrected chi connectivity index (χ4v) is 5.67. The Morgan fingerprint density at radius 2 is 1.76 bits per heavy atom. The molecule has 9 nitrogen and oxygen atoms in total. The Kier molecular flexibility index (Phi) is 5.32. The number of aromatic amines is 2. The Morgan fingerprint density at radius 3 is 2.52 bits per heavy atom. The van der Waals surface area contributed by atoms with Gasteiger partial charge in [0, 0.05) is 16.6 Å². The summed E-state index contributed by atoms with van der Waals surface area (Å²) >= 11 is 2.90. The highest BCUT2D eigenvalue weighted by molar-refractivity contribution is 7.92. The van der Waals surface area contributed by atoms with Crippen LogP contribution in [0.3, 0.4) is 0 Å². The highest BCUT2D eigenvalue weighted by Gasteiger charge is 2.16. The Hall–Kier alpha value is -3.74. The van der Waals surface area contributed by atoms with E-state index < -0.39 is 15.7 Å². The number of amides is 1. The Labute approximate surface area is 195 Å². The van der Waals surface area contributed by atoms with E-state index in [0.717, 1.165) is 10.6 Å². The molecule has 0 saturated carbocycles. The minimum Gasteiger partial charge on any atom is -0.306 e. The number of nitrogens with zero attached hydrogens (tertiary/aromatic N) is 1. The van der Waals surface area contributed by atoms with Gasteiger partial charge in [-0.05, 0) is 53.9 Å². The van der Waals surface area contributed by atoms with Crippen molar-refractivity contribution in [3.63, 3.8) is 0 Å². The summed E-state index contributed by atoms with van der Waals surface area (Å²) in [7, 11) is -3.89. The first-order chi connectivity index (χ1) is 15.9. The van der Waals surface area contributed by atoms with Gasteiger partial charge >= 0.3 is 5.69 Å². The molecule has 1 amide bonds. The smallest absolute Gasteiger partial charge is 0.306 e. The zero-order valence-electron chi connectivity index (χ0n) is 16.7. The number of benzene rings is 2. The summed E-state index contributed by atoms with van der Waals surface area (Å²) in [5.74, 6) is -0.349. The molecule has 0 spiro atoms. The second-order valence-corrected chi connectivity index (χ2v) is 10.4. The van der Waals surface area contributed by atoms with Crippen molar-refractivity contribution in [1.82, 2.24) is 15.0 Å².